The molecule has 1 saturated carbocycles. The molecule has 0 unspecified atom stereocenters. The van der Waals surface area contributed by atoms with E-state index >= 15 is 0 Å². The van der Waals surface area contributed by atoms with E-state index in [1.165, 1.54) is 43.2 Å². The Bertz CT molecular complexity index is 431. The van der Waals surface area contributed by atoms with E-state index in [-0.39, 0.29) is 0 Å². The van der Waals surface area contributed by atoms with Gasteiger partial charge in [0.2, 0.25) is 0 Å². The molecule has 1 aromatic carbocycles. The molecule has 0 bridgehead atoms. The normalized spacial score (nSPS) is 20.6. The van der Waals surface area contributed by atoms with Gasteiger partial charge in [-0.3, -0.25) is 0 Å². The van der Waals surface area contributed by atoms with Crippen molar-refractivity contribution in [2.24, 2.45) is 0 Å². The standard InChI is InChI=1S/C15H20O2/c1-16-12-5-6-13(17-2)14-11(12)7-10-15(14)8-3-4-9-15/h5-6H,3-4,7-10H2,1-2H3. The molecule has 1 fully saturated rings. The lowest BCUT2D eigenvalue weighted by Crippen LogP contribution is -2.18. The summed E-state index contributed by atoms with van der Waals surface area (Å²) in [6, 6.07) is 4.12. The largest absolute Gasteiger partial charge is 0.496 e. The second kappa shape index (κ2) is 3.94. The predicted molar refractivity (Wildman–Crippen MR) is 68.0 cm³/mol. The van der Waals surface area contributed by atoms with Gasteiger partial charge in [-0.25, -0.2) is 0 Å². The van der Waals surface area contributed by atoms with Crippen molar-refractivity contribution in [3.05, 3.63) is 23.3 Å². The van der Waals surface area contributed by atoms with Crippen LogP contribution in [0.3, 0.4) is 0 Å². The summed E-state index contributed by atoms with van der Waals surface area (Å²) in [4.78, 5) is 0. The summed E-state index contributed by atoms with van der Waals surface area (Å²) in [7, 11) is 3.55. The van der Waals surface area contributed by atoms with Gasteiger partial charge in [0.05, 0.1) is 14.2 Å². The van der Waals surface area contributed by atoms with Crippen LogP contribution in [0.2, 0.25) is 0 Å². The van der Waals surface area contributed by atoms with Crippen molar-refractivity contribution in [2.45, 2.75) is 43.9 Å². The minimum atomic E-state index is 0.398. The summed E-state index contributed by atoms with van der Waals surface area (Å²) in [6.45, 7) is 0. The highest BCUT2D eigenvalue weighted by Gasteiger charge is 2.44. The van der Waals surface area contributed by atoms with Gasteiger partial charge >= 0.3 is 0 Å². The molecule has 3 rings (SSSR count). The Kier molecular flexibility index (Phi) is 2.53. The van der Waals surface area contributed by atoms with Gasteiger partial charge < -0.3 is 9.47 Å². The van der Waals surface area contributed by atoms with Crippen LogP contribution in [0.5, 0.6) is 11.5 Å². The van der Waals surface area contributed by atoms with Crippen LogP contribution in [-0.4, -0.2) is 14.2 Å². The van der Waals surface area contributed by atoms with Crippen molar-refractivity contribution < 1.29 is 9.47 Å². The van der Waals surface area contributed by atoms with Gasteiger partial charge in [-0.15, -0.1) is 0 Å². The summed E-state index contributed by atoms with van der Waals surface area (Å²) in [5.41, 5.74) is 3.25. The van der Waals surface area contributed by atoms with Crippen LogP contribution in [0.4, 0.5) is 0 Å². The van der Waals surface area contributed by atoms with Crippen LogP contribution in [-0.2, 0) is 11.8 Å². The van der Waals surface area contributed by atoms with Crippen LogP contribution in [0.1, 0.15) is 43.2 Å². The van der Waals surface area contributed by atoms with Gasteiger partial charge in [0, 0.05) is 11.1 Å². The van der Waals surface area contributed by atoms with Crippen LogP contribution < -0.4 is 9.47 Å². The second-order valence-electron chi connectivity index (χ2n) is 5.31. The van der Waals surface area contributed by atoms with E-state index in [1.807, 2.05) is 6.07 Å². The highest BCUT2D eigenvalue weighted by atomic mass is 16.5. The van der Waals surface area contributed by atoms with Gasteiger partial charge in [0.1, 0.15) is 11.5 Å². The Hall–Kier alpha value is -1.18. The molecule has 2 nitrogen and oxygen atoms in total. The Morgan fingerprint density at radius 2 is 1.59 bits per heavy atom. The molecule has 0 amide bonds. The molecular formula is C15H20O2. The fourth-order valence-electron chi connectivity index (χ4n) is 3.84. The monoisotopic (exact) mass is 232 g/mol. The molecule has 0 aromatic heterocycles. The lowest BCUT2D eigenvalue weighted by atomic mass is 9.80. The van der Waals surface area contributed by atoms with Gasteiger partial charge in [-0.05, 0) is 43.2 Å². The minimum Gasteiger partial charge on any atom is -0.496 e. The zero-order valence-corrected chi connectivity index (χ0v) is 10.7. The van der Waals surface area contributed by atoms with Crippen molar-refractivity contribution >= 4 is 0 Å². The molecule has 2 heteroatoms. The van der Waals surface area contributed by atoms with Gasteiger partial charge in [-0.1, -0.05) is 12.8 Å². The third kappa shape index (κ3) is 1.46. The Balaban J connectivity index is 2.17. The van der Waals surface area contributed by atoms with Crippen molar-refractivity contribution in [3.8, 4) is 11.5 Å². The van der Waals surface area contributed by atoms with Gasteiger partial charge in [-0.2, -0.15) is 0 Å². The molecule has 2 aliphatic carbocycles. The number of fused-ring (bicyclic) bond motifs is 2. The maximum absolute atomic E-state index is 5.59. The number of hydrogen-bond acceptors (Lipinski definition) is 2. The maximum atomic E-state index is 5.59. The Morgan fingerprint density at radius 1 is 0.941 bits per heavy atom. The molecule has 0 saturated heterocycles. The lowest BCUT2D eigenvalue weighted by molar-refractivity contribution is 0.375. The average molecular weight is 232 g/mol. The van der Waals surface area contributed by atoms with E-state index in [4.69, 9.17) is 9.47 Å². The first-order valence-electron chi connectivity index (χ1n) is 6.55. The lowest BCUT2D eigenvalue weighted by Gasteiger charge is -2.26. The van der Waals surface area contributed by atoms with E-state index in [0.29, 0.717) is 5.41 Å². The molecule has 0 aliphatic heterocycles. The minimum absolute atomic E-state index is 0.398. The highest BCUT2D eigenvalue weighted by molar-refractivity contribution is 5.56. The van der Waals surface area contributed by atoms with Crippen molar-refractivity contribution in [1.29, 1.82) is 0 Å². The van der Waals surface area contributed by atoms with E-state index in [1.54, 1.807) is 14.2 Å². The smallest absolute Gasteiger partial charge is 0.123 e. The van der Waals surface area contributed by atoms with Crippen LogP contribution in [0.25, 0.3) is 0 Å². The molecule has 0 heterocycles. The molecule has 0 radical (unpaired) electrons. The first-order chi connectivity index (χ1) is 8.30. The summed E-state index contributed by atoms with van der Waals surface area (Å²) >= 11 is 0. The van der Waals surface area contributed by atoms with Crippen LogP contribution in [0.15, 0.2) is 12.1 Å². The summed E-state index contributed by atoms with van der Waals surface area (Å²) in [6.07, 6.45) is 7.79. The molecule has 2 aliphatic rings. The second-order valence-corrected chi connectivity index (χ2v) is 5.31. The molecule has 0 N–H and O–H groups in total. The third-order valence-electron chi connectivity index (χ3n) is 4.62. The first kappa shape index (κ1) is 10.9. The quantitative estimate of drug-likeness (QED) is 0.777. The fourth-order valence-corrected chi connectivity index (χ4v) is 3.84. The Morgan fingerprint density at radius 3 is 2.24 bits per heavy atom. The van der Waals surface area contributed by atoms with Crippen LogP contribution in [0, 0.1) is 0 Å². The first-order valence-corrected chi connectivity index (χ1v) is 6.55. The topological polar surface area (TPSA) is 18.5 Å². The summed E-state index contributed by atoms with van der Waals surface area (Å²) < 4.78 is 11.1. The maximum Gasteiger partial charge on any atom is 0.123 e. The van der Waals surface area contributed by atoms with Gasteiger partial charge in [0.25, 0.3) is 0 Å². The number of methoxy groups -OCH3 is 2. The van der Waals surface area contributed by atoms with Crippen molar-refractivity contribution in [3.63, 3.8) is 0 Å². The number of rotatable bonds is 2. The zero-order valence-electron chi connectivity index (χ0n) is 10.7. The van der Waals surface area contributed by atoms with E-state index < -0.39 is 0 Å². The van der Waals surface area contributed by atoms with Crippen molar-refractivity contribution in [2.75, 3.05) is 14.2 Å². The molecule has 92 valence electrons. The summed E-state index contributed by atoms with van der Waals surface area (Å²) in [5.74, 6) is 2.12. The number of hydrogen-bond donors (Lipinski definition) is 0. The summed E-state index contributed by atoms with van der Waals surface area (Å²) in [5, 5.41) is 0. The number of benzene rings is 1. The third-order valence-corrected chi connectivity index (χ3v) is 4.62. The van der Waals surface area contributed by atoms with E-state index in [2.05, 4.69) is 6.07 Å². The Labute approximate surface area is 103 Å². The molecule has 17 heavy (non-hydrogen) atoms. The molecular weight excluding hydrogens is 212 g/mol. The molecule has 1 aromatic rings. The van der Waals surface area contributed by atoms with Gasteiger partial charge in [0.15, 0.2) is 0 Å². The highest BCUT2D eigenvalue weighted by Crippen LogP contribution is 2.55. The van der Waals surface area contributed by atoms with E-state index in [9.17, 15) is 0 Å². The molecule has 0 atom stereocenters. The SMILES string of the molecule is COc1ccc(OC)c2c1CCC21CCCC1. The van der Waals surface area contributed by atoms with E-state index in [0.717, 1.165) is 17.9 Å². The number of ether oxygens (including phenoxy) is 2. The zero-order chi connectivity index (χ0) is 11.9. The average Bonchev–Trinajstić information content (AvgIpc) is 2.98. The van der Waals surface area contributed by atoms with Crippen LogP contribution >= 0.6 is 0 Å². The molecule has 1 spiro atoms. The predicted octanol–water partition coefficient (Wildman–Crippen LogP) is 3.46. The fraction of sp³-hybridized carbons (Fsp3) is 0.600. The van der Waals surface area contributed by atoms with Crippen molar-refractivity contribution in [1.82, 2.24) is 0 Å².